The molecule has 0 aromatic carbocycles. The number of hydrogen-bond acceptors (Lipinski definition) is 4. The predicted molar refractivity (Wildman–Crippen MR) is 72.3 cm³/mol. The van der Waals surface area contributed by atoms with Crippen LogP contribution >= 0.6 is 0 Å². The summed E-state index contributed by atoms with van der Waals surface area (Å²) in [6.07, 6.45) is 1.90. The first-order valence-corrected chi connectivity index (χ1v) is 6.98. The van der Waals surface area contributed by atoms with Crippen LogP contribution in [0.25, 0.3) is 0 Å². The van der Waals surface area contributed by atoms with E-state index >= 15 is 0 Å². The molecule has 0 spiro atoms. The third-order valence-electron chi connectivity index (χ3n) is 3.61. The molecular formula is C13H27N3O2. The highest BCUT2D eigenvalue weighted by molar-refractivity contribution is 5.81. The molecule has 5 nitrogen and oxygen atoms in total. The van der Waals surface area contributed by atoms with Crippen LogP contribution in [0, 0.1) is 5.92 Å². The van der Waals surface area contributed by atoms with E-state index in [9.17, 15) is 4.79 Å². The molecule has 0 saturated carbocycles. The largest absolute Gasteiger partial charge is 0.379 e. The van der Waals surface area contributed by atoms with Crippen LogP contribution in [0.4, 0.5) is 0 Å². The summed E-state index contributed by atoms with van der Waals surface area (Å²) in [5, 5.41) is 2.92. The smallest absolute Gasteiger partial charge is 0.237 e. The number of rotatable bonds is 7. The Morgan fingerprint density at radius 3 is 2.72 bits per heavy atom. The summed E-state index contributed by atoms with van der Waals surface area (Å²) in [6.45, 7) is 9.44. The maximum absolute atomic E-state index is 11.7. The Labute approximate surface area is 110 Å². The fraction of sp³-hybridized carbons (Fsp3) is 0.923. The summed E-state index contributed by atoms with van der Waals surface area (Å²) >= 11 is 0. The minimum absolute atomic E-state index is 0.0219. The van der Waals surface area contributed by atoms with Gasteiger partial charge in [0.1, 0.15) is 0 Å². The maximum Gasteiger partial charge on any atom is 0.237 e. The summed E-state index contributed by atoms with van der Waals surface area (Å²) in [6, 6.07) is -0.376. The highest BCUT2D eigenvalue weighted by Gasteiger charge is 2.18. The molecule has 1 heterocycles. The number of morpholine rings is 1. The zero-order valence-electron chi connectivity index (χ0n) is 11.7. The summed E-state index contributed by atoms with van der Waals surface area (Å²) in [7, 11) is 0. The highest BCUT2D eigenvalue weighted by Crippen LogP contribution is 2.05. The molecule has 1 amide bonds. The SMILES string of the molecule is CC[C@@H](C)[C@@H](N)C(=O)NCCCN1CCOCC1. The van der Waals surface area contributed by atoms with E-state index in [0.29, 0.717) is 6.54 Å². The van der Waals surface area contributed by atoms with E-state index in [1.54, 1.807) is 0 Å². The van der Waals surface area contributed by atoms with Crippen molar-refractivity contribution in [2.24, 2.45) is 11.7 Å². The second-order valence-corrected chi connectivity index (χ2v) is 5.01. The monoisotopic (exact) mass is 257 g/mol. The Hall–Kier alpha value is -0.650. The van der Waals surface area contributed by atoms with Crippen LogP contribution in [0.1, 0.15) is 26.7 Å². The summed E-state index contributed by atoms with van der Waals surface area (Å²) in [5.74, 6) is 0.218. The molecule has 0 radical (unpaired) electrons. The van der Waals surface area contributed by atoms with Crippen molar-refractivity contribution < 1.29 is 9.53 Å². The fourth-order valence-corrected chi connectivity index (χ4v) is 1.97. The highest BCUT2D eigenvalue weighted by atomic mass is 16.5. The van der Waals surface area contributed by atoms with Crippen LogP contribution in [0.3, 0.4) is 0 Å². The third kappa shape index (κ3) is 5.33. The van der Waals surface area contributed by atoms with Crippen LogP contribution in [-0.2, 0) is 9.53 Å². The van der Waals surface area contributed by atoms with Gasteiger partial charge in [0.2, 0.25) is 5.91 Å². The molecule has 3 N–H and O–H groups in total. The van der Waals surface area contributed by atoms with Crippen molar-refractivity contribution in [1.29, 1.82) is 0 Å². The number of amides is 1. The molecule has 18 heavy (non-hydrogen) atoms. The zero-order chi connectivity index (χ0) is 13.4. The predicted octanol–water partition coefficient (Wildman–Crippen LogP) is 0.198. The molecule has 1 saturated heterocycles. The Balaban J connectivity index is 2.07. The van der Waals surface area contributed by atoms with Crippen molar-refractivity contribution in [3.05, 3.63) is 0 Å². The zero-order valence-corrected chi connectivity index (χ0v) is 11.7. The molecule has 0 unspecified atom stereocenters. The number of nitrogens with two attached hydrogens (primary N) is 1. The van der Waals surface area contributed by atoms with Gasteiger partial charge in [-0.2, -0.15) is 0 Å². The maximum atomic E-state index is 11.7. The molecular weight excluding hydrogens is 230 g/mol. The molecule has 0 aliphatic carbocycles. The summed E-state index contributed by atoms with van der Waals surface area (Å²) in [5.41, 5.74) is 5.86. The van der Waals surface area contributed by atoms with Crippen LogP contribution in [0.2, 0.25) is 0 Å². The van der Waals surface area contributed by atoms with Gasteiger partial charge < -0.3 is 15.8 Å². The van der Waals surface area contributed by atoms with Gasteiger partial charge in [-0.1, -0.05) is 20.3 Å². The van der Waals surface area contributed by atoms with E-state index in [0.717, 1.165) is 45.7 Å². The Morgan fingerprint density at radius 2 is 2.11 bits per heavy atom. The lowest BCUT2D eigenvalue weighted by Gasteiger charge is -2.26. The topological polar surface area (TPSA) is 67.6 Å². The minimum atomic E-state index is -0.376. The van der Waals surface area contributed by atoms with E-state index in [-0.39, 0.29) is 17.9 Å². The first-order chi connectivity index (χ1) is 8.65. The average Bonchev–Trinajstić information content (AvgIpc) is 2.42. The fourth-order valence-electron chi connectivity index (χ4n) is 1.97. The van der Waals surface area contributed by atoms with Gasteiger partial charge in [0.25, 0.3) is 0 Å². The van der Waals surface area contributed by atoms with Crippen LogP contribution < -0.4 is 11.1 Å². The quantitative estimate of drug-likeness (QED) is 0.639. The molecule has 0 bridgehead atoms. The van der Waals surface area contributed by atoms with E-state index in [2.05, 4.69) is 17.1 Å². The molecule has 2 atom stereocenters. The minimum Gasteiger partial charge on any atom is -0.379 e. The number of hydrogen-bond donors (Lipinski definition) is 2. The van der Waals surface area contributed by atoms with E-state index < -0.39 is 0 Å². The van der Waals surface area contributed by atoms with Gasteiger partial charge in [-0.25, -0.2) is 0 Å². The van der Waals surface area contributed by atoms with Gasteiger partial charge in [-0.05, 0) is 18.9 Å². The lowest BCUT2D eigenvalue weighted by molar-refractivity contribution is -0.123. The molecule has 0 aromatic rings. The van der Waals surface area contributed by atoms with Gasteiger partial charge in [0, 0.05) is 19.6 Å². The van der Waals surface area contributed by atoms with Crippen LogP contribution in [0.15, 0.2) is 0 Å². The second kappa shape index (κ2) is 8.45. The number of nitrogens with one attached hydrogen (secondary N) is 1. The van der Waals surface area contributed by atoms with Crippen molar-refractivity contribution in [3.8, 4) is 0 Å². The van der Waals surface area contributed by atoms with Crippen molar-refractivity contribution in [2.45, 2.75) is 32.7 Å². The summed E-state index contributed by atoms with van der Waals surface area (Å²) < 4.78 is 5.29. The number of ether oxygens (including phenoxy) is 1. The second-order valence-electron chi connectivity index (χ2n) is 5.01. The van der Waals surface area contributed by atoms with Gasteiger partial charge in [0.15, 0.2) is 0 Å². The van der Waals surface area contributed by atoms with Crippen molar-refractivity contribution in [1.82, 2.24) is 10.2 Å². The van der Waals surface area contributed by atoms with Crippen LogP contribution in [0.5, 0.6) is 0 Å². The lowest BCUT2D eigenvalue weighted by atomic mass is 9.99. The Kier molecular flexibility index (Phi) is 7.23. The number of nitrogens with zero attached hydrogens (tertiary/aromatic N) is 1. The normalized spacial score (nSPS) is 20.4. The van der Waals surface area contributed by atoms with Crippen molar-refractivity contribution in [2.75, 3.05) is 39.4 Å². The van der Waals surface area contributed by atoms with Gasteiger partial charge in [0.05, 0.1) is 19.3 Å². The van der Waals surface area contributed by atoms with E-state index in [4.69, 9.17) is 10.5 Å². The Morgan fingerprint density at radius 1 is 1.44 bits per heavy atom. The molecule has 106 valence electrons. The van der Waals surface area contributed by atoms with Crippen LogP contribution in [-0.4, -0.2) is 56.2 Å². The van der Waals surface area contributed by atoms with E-state index in [1.807, 2.05) is 6.92 Å². The molecule has 1 fully saturated rings. The number of carbonyl (C=O) groups excluding carboxylic acids is 1. The van der Waals surface area contributed by atoms with Crippen molar-refractivity contribution in [3.63, 3.8) is 0 Å². The van der Waals surface area contributed by atoms with Gasteiger partial charge in [-0.15, -0.1) is 0 Å². The summed E-state index contributed by atoms with van der Waals surface area (Å²) in [4.78, 5) is 14.1. The van der Waals surface area contributed by atoms with Gasteiger partial charge >= 0.3 is 0 Å². The standard InChI is InChI=1S/C13H27N3O2/c1-3-11(2)12(14)13(17)15-5-4-6-16-7-9-18-10-8-16/h11-12H,3-10,14H2,1-2H3,(H,15,17)/t11-,12-/m1/s1. The Bertz CT molecular complexity index is 242. The first kappa shape index (κ1) is 15.4. The lowest BCUT2D eigenvalue weighted by Crippen LogP contribution is -2.45. The molecule has 1 aliphatic rings. The molecule has 0 aromatic heterocycles. The number of carbonyl (C=O) groups is 1. The average molecular weight is 257 g/mol. The van der Waals surface area contributed by atoms with E-state index in [1.165, 1.54) is 0 Å². The molecule has 1 aliphatic heterocycles. The molecule has 1 rings (SSSR count). The first-order valence-electron chi connectivity index (χ1n) is 6.98. The third-order valence-corrected chi connectivity index (χ3v) is 3.61. The van der Waals surface area contributed by atoms with Crippen molar-refractivity contribution >= 4 is 5.91 Å². The van der Waals surface area contributed by atoms with Gasteiger partial charge in [-0.3, -0.25) is 9.69 Å². The molecule has 5 heteroatoms.